The van der Waals surface area contributed by atoms with E-state index in [2.05, 4.69) is 15.1 Å². The highest BCUT2D eigenvalue weighted by molar-refractivity contribution is 6.29. The van der Waals surface area contributed by atoms with Crippen molar-refractivity contribution in [3.63, 3.8) is 0 Å². The molecule has 0 unspecified atom stereocenters. The topological polar surface area (TPSA) is 43.1 Å². The van der Waals surface area contributed by atoms with Gasteiger partial charge in [-0.05, 0) is 25.8 Å². The maximum Gasteiger partial charge on any atom is 0.254 e. The molecule has 1 aliphatic rings. The predicted molar refractivity (Wildman–Crippen MR) is 61.7 cm³/mol. The van der Waals surface area contributed by atoms with Crippen LogP contribution in [-0.2, 0) is 0 Å². The van der Waals surface area contributed by atoms with Crippen LogP contribution in [0.2, 0.25) is 5.15 Å². The molecule has 0 spiro atoms. The summed E-state index contributed by atoms with van der Waals surface area (Å²) >= 11 is 6.17. The molecule has 0 N–H and O–H groups in total. The minimum Gasteiger partial charge on any atom is -0.216 e. The van der Waals surface area contributed by atoms with Crippen molar-refractivity contribution < 1.29 is 0 Å². The van der Waals surface area contributed by atoms with Crippen LogP contribution in [0.15, 0.2) is 6.07 Å². The number of nitrogens with zero attached hydrogens (tertiary/aromatic N) is 4. The van der Waals surface area contributed by atoms with Crippen molar-refractivity contribution in [2.75, 3.05) is 0 Å². The van der Waals surface area contributed by atoms with Crippen molar-refractivity contribution >= 4 is 17.4 Å². The third kappa shape index (κ3) is 1.57. The number of halogens is 1. The predicted octanol–water partition coefficient (Wildman–Crippen LogP) is 2.74. The van der Waals surface area contributed by atoms with Gasteiger partial charge in [0, 0.05) is 5.92 Å². The number of fused-ring (bicyclic) bond motifs is 1. The molecule has 0 radical (unpaired) electrons. The van der Waals surface area contributed by atoms with Gasteiger partial charge in [0.1, 0.15) is 11.0 Å². The van der Waals surface area contributed by atoms with Crippen LogP contribution in [0, 0.1) is 6.92 Å². The Hall–Kier alpha value is -1.16. The molecule has 1 saturated carbocycles. The SMILES string of the molecule is Cc1nc2nc(C3CCCC3)cc(Cl)n2n1. The molecule has 2 aromatic rings. The maximum atomic E-state index is 6.17. The molecule has 3 rings (SSSR count). The average Bonchev–Trinajstić information content (AvgIpc) is 2.84. The van der Waals surface area contributed by atoms with Crippen LogP contribution in [0.3, 0.4) is 0 Å². The molecule has 5 heteroatoms. The van der Waals surface area contributed by atoms with Crippen molar-refractivity contribution in [1.29, 1.82) is 0 Å². The van der Waals surface area contributed by atoms with Gasteiger partial charge >= 0.3 is 0 Å². The molecular weight excluding hydrogens is 224 g/mol. The van der Waals surface area contributed by atoms with E-state index < -0.39 is 0 Å². The second kappa shape index (κ2) is 3.70. The van der Waals surface area contributed by atoms with E-state index in [1.165, 1.54) is 25.7 Å². The van der Waals surface area contributed by atoms with E-state index in [1.807, 2.05) is 13.0 Å². The molecule has 0 atom stereocenters. The summed E-state index contributed by atoms with van der Waals surface area (Å²) in [5.74, 6) is 1.88. The third-order valence-electron chi connectivity index (χ3n) is 3.17. The molecular formula is C11H13ClN4. The van der Waals surface area contributed by atoms with Gasteiger partial charge < -0.3 is 0 Å². The Balaban J connectivity index is 2.12. The van der Waals surface area contributed by atoms with Crippen LogP contribution in [0.1, 0.15) is 43.1 Å². The number of hydrogen-bond acceptors (Lipinski definition) is 3. The molecule has 0 aliphatic heterocycles. The summed E-state index contributed by atoms with van der Waals surface area (Å²) in [4.78, 5) is 8.81. The molecule has 2 heterocycles. The highest BCUT2D eigenvalue weighted by atomic mass is 35.5. The first-order chi connectivity index (χ1) is 7.74. The zero-order valence-corrected chi connectivity index (χ0v) is 9.91. The van der Waals surface area contributed by atoms with Crippen LogP contribution in [0.4, 0.5) is 0 Å². The number of aryl methyl sites for hydroxylation is 1. The second-order valence-corrected chi connectivity index (χ2v) is 4.74. The van der Waals surface area contributed by atoms with Gasteiger partial charge in [-0.15, -0.1) is 5.10 Å². The van der Waals surface area contributed by atoms with E-state index in [0.29, 0.717) is 22.7 Å². The van der Waals surface area contributed by atoms with Crippen LogP contribution in [-0.4, -0.2) is 19.6 Å². The van der Waals surface area contributed by atoms with Crippen LogP contribution < -0.4 is 0 Å². The first kappa shape index (κ1) is 10.0. The van der Waals surface area contributed by atoms with Gasteiger partial charge in [-0.2, -0.15) is 9.50 Å². The first-order valence-corrected chi connectivity index (χ1v) is 6.01. The molecule has 0 saturated heterocycles. The van der Waals surface area contributed by atoms with Gasteiger partial charge in [-0.1, -0.05) is 24.4 Å². The Labute approximate surface area is 98.7 Å². The summed E-state index contributed by atoms with van der Waals surface area (Å²) in [6, 6.07) is 1.93. The van der Waals surface area contributed by atoms with Crippen molar-refractivity contribution in [3.8, 4) is 0 Å². The van der Waals surface area contributed by atoms with Gasteiger partial charge in [-0.25, -0.2) is 4.98 Å². The monoisotopic (exact) mass is 236 g/mol. The molecule has 4 nitrogen and oxygen atoms in total. The summed E-state index contributed by atoms with van der Waals surface area (Å²) in [5, 5.41) is 4.80. The highest BCUT2D eigenvalue weighted by Gasteiger charge is 2.20. The molecule has 84 valence electrons. The lowest BCUT2D eigenvalue weighted by atomic mass is 10.0. The normalized spacial score (nSPS) is 17.4. The Morgan fingerprint density at radius 2 is 2.06 bits per heavy atom. The van der Waals surface area contributed by atoms with E-state index in [1.54, 1.807) is 4.52 Å². The Bertz CT molecular complexity index is 528. The van der Waals surface area contributed by atoms with Gasteiger partial charge in [-0.3, -0.25) is 0 Å². The summed E-state index contributed by atoms with van der Waals surface area (Å²) < 4.78 is 1.59. The highest BCUT2D eigenvalue weighted by Crippen LogP contribution is 2.33. The van der Waals surface area contributed by atoms with Crippen molar-refractivity contribution in [2.45, 2.75) is 38.5 Å². The average molecular weight is 237 g/mol. The lowest BCUT2D eigenvalue weighted by molar-refractivity contribution is 0.693. The van der Waals surface area contributed by atoms with E-state index >= 15 is 0 Å². The number of rotatable bonds is 1. The van der Waals surface area contributed by atoms with Crippen LogP contribution in [0.25, 0.3) is 5.78 Å². The summed E-state index contributed by atoms with van der Waals surface area (Å²) in [6.45, 7) is 1.85. The molecule has 16 heavy (non-hydrogen) atoms. The standard InChI is InChI=1S/C11H13ClN4/c1-7-13-11-14-9(8-4-2-3-5-8)6-10(12)16(11)15-7/h6,8H,2-5H2,1H3. The fraction of sp³-hybridized carbons (Fsp3) is 0.545. The Morgan fingerprint density at radius 3 is 2.81 bits per heavy atom. The van der Waals surface area contributed by atoms with Crippen molar-refractivity contribution in [1.82, 2.24) is 19.6 Å². The quantitative estimate of drug-likeness (QED) is 0.715. The van der Waals surface area contributed by atoms with E-state index in [0.717, 1.165) is 5.69 Å². The second-order valence-electron chi connectivity index (χ2n) is 4.36. The van der Waals surface area contributed by atoms with Gasteiger partial charge in [0.05, 0.1) is 5.69 Å². The van der Waals surface area contributed by atoms with Crippen molar-refractivity contribution in [3.05, 3.63) is 22.7 Å². The smallest absolute Gasteiger partial charge is 0.216 e. The largest absolute Gasteiger partial charge is 0.254 e. The van der Waals surface area contributed by atoms with Gasteiger partial charge in [0.25, 0.3) is 5.78 Å². The lowest BCUT2D eigenvalue weighted by Crippen LogP contribution is -2.01. The van der Waals surface area contributed by atoms with Crippen molar-refractivity contribution in [2.24, 2.45) is 0 Å². The zero-order valence-electron chi connectivity index (χ0n) is 9.15. The molecule has 0 aromatic carbocycles. The van der Waals surface area contributed by atoms with E-state index in [-0.39, 0.29) is 0 Å². The minimum atomic E-state index is 0.555. The summed E-state index contributed by atoms with van der Waals surface area (Å²) in [7, 11) is 0. The maximum absolute atomic E-state index is 6.17. The Kier molecular flexibility index (Phi) is 2.32. The lowest BCUT2D eigenvalue weighted by Gasteiger charge is -2.08. The zero-order chi connectivity index (χ0) is 11.1. The molecule has 0 bridgehead atoms. The van der Waals surface area contributed by atoms with Gasteiger partial charge in [0.2, 0.25) is 0 Å². The fourth-order valence-electron chi connectivity index (χ4n) is 2.38. The van der Waals surface area contributed by atoms with Crippen LogP contribution in [0.5, 0.6) is 0 Å². The third-order valence-corrected chi connectivity index (χ3v) is 3.44. The minimum absolute atomic E-state index is 0.555. The summed E-state index contributed by atoms with van der Waals surface area (Å²) in [6.07, 6.45) is 5.01. The van der Waals surface area contributed by atoms with Crippen LogP contribution >= 0.6 is 11.6 Å². The first-order valence-electron chi connectivity index (χ1n) is 5.64. The molecule has 1 aliphatic carbocycles. The van der Waals surface area contributed by atoms with Gasteiger partial charge in [0.15, 0.2) is 0 Å². The molecule has 0 amide bonds. The van der Waals surface area contributed by atoms with E-state index in [4.69, 9.17) is 11.6 Å². The number of hydrogen-bond donors (Lipinski definition) is 0. The van der Waals surface area contributed by atoms with E-state index in [9.17, 15) is 0 Å². The number of aromatic nitrogens is 4. The Morgan fingerprint density at radius 1 is 1.31 bits per heavy atom. The fourth-order valence-corrected chi connectivity index (χ4v) is 2.61. The molecule has 1 fully saturated rings. The summed E-state index contributed by atoms with van der Waals surface area (Å²) in [5.41, 5.74) is 1.07. The molecule has 2 aromatic heterocycles.